The molecule has 1 aromatic heterocycles. The van der Waals surface area contributed by atoms with Crippen LogP contribution >= 0.6 is 0 Å². The first-order valence-corrected chi connectivity index (χ1v) is 6.53. The van der Waals surface area contributed by atoms with E-state index >= 15 is 0 Å². The largest absolute Gasteiger partial charge is 0.416 e. The number of amides is 1. The quantitative estimate of drug-likeness (QED) is 0.658. The molecule has 1 heterocycles. The van der Waals surface area contributed by atoms with Crippen LogP contribution in [0, 0.1) is 17.0 Å². The molecule has 126 valence electrons. The van der Waals surface area contributed by atoms with Crippen LogP contribution in [0.15, 0.2) is 36.5 Å². The second kappa shape index (κ2) is 6.52. The Bertz CT molecular complexity index is 776. The van der Waals surface area contributed by atoms with Gasteiger partial charge in [-0.2, -0.15) is 13.2 Å². The molecule has 1 aromatic carbocycles. The molecule has 0 aliphatic heterocycles. The van der Waals surface area contributed by atoms with E-state index in [1.165, 1.54) is 12.3 Å². The maximum absolute atomic E-state index is 12.6. The molecule has 1 amide bonds. The van der Waals surface area contributed by atoms with Gasteiger partial charge in [0, 0.05) is 18.0 Å². The number of pyridine rings is 1. The van der Waals surface area contributed by atoms with Crippen molar-refractivity contribution < 1.29 is 22.9 Å². The number of nitrogens with one attached hydrogen (secondary N) is 2. The number of anilines is 1. The first-order chi connectivity index (χ1) is 11.2. The number of benzene rings is 1. The highest BCUT2D eigenvalue weighted by atomic mass is 19.4. The number of halogens is 3. The van der Waals surface area contributed by atoms with Crippen LogP contribution in [0.5, 0.6) is 0 Å². The van der Waals surface area contributed by atoms with Crippen LogP contribution < -0.4 is 10.9 Å². The molecule has 2 rings (SSSR count). The molecule has 0 atom stereocenters. The Morgan fingerprint density at radius 3 is 2.50 bits per heavy atom. The summed E-state index contributed by atoms with van der Waals surface area (Å²) in [7, 11) is 0. The Morgan fingerprint density at radius 2 is 1.96 bits per heavy atom. The summed E-state index contributed by atoms with van der Waals surface area (Å²) in [6.07, 6.45) is -3.41. The van der Waals surface area contributed by atoms with Crippen LogP contribution in [-0.4, -0.2) is 15.8 Å². The lowest BCUT2D eigenvalue weighted by atomic mass is 10.1. The molecule has 24 heavy (non-hydrogen) atoms. The number of hydrazine groups is 1. The van der Waals surface area contributed by atoms with Gasteiger partial charge in [0.25, 0.3) is 11.6 Å². The third-order valence-corrected chi connectivity index (χ3v) is 3.01. The Morgan fingerprint density at radius 1 is 1.25 bits per heavy atom. The van der Waals surface area contributed by atoms with Gasteiger partial charge in [0.2, 0.25) is 0 Å². The van der Waals surface area contributed by atoms with E-state index in [9.17, 15) is 28.1 Å². The van der Waals surface area contributed by atoms with Crippen molar-refractivity contribution in [2.45, 2.75) is 13.1 Å². The van der Waals surface area contributed by atoms with E-state index in [4.69, 9.17) is 0 Å². The minimum Gasteiger partial charge on any atom is -0.292 e. The number of rotatable bonds is 4. The third kappa shape index (κ3) is 3.97. The molecule has 2 N–H and O–H groups in total. The van der Waals surface area contributed by atoms with Crippen LogP contribution in [0.4, 0.5) is 24.5 Å². The predicted molar refractivity (Wildman–Crippen MR) is 78.2 cm³/mol. The van der Waals surface area contributed by atoms with Crippen LogP contribution in [0.3, 0.4) is 0 Å². The second-order valence-electron chi connectivity index (χ2n) is 4.75. The Labute approximate surface area is 133 Å². The monoisotopic (exact) mass is 340 g/mol. The number of hydrogen-bond donors (Lipinski definition) is 2. The SMILES string of the molecule is Cc1ccc(C(=O)NNc2ccc(C(F)(F)F)cc2[N+](=O)[O-])cn1. The number of nitro benzene ring substituents is 1. The highest BCUT2D eigenvalue weighted by molar-refractivity contribution is 5.94. The fraction of sp³-hybridized carbons (Fsp3) is 0.143. The van der Waals surface area contributed by atoms with Gasteiger partial charge in [0.1, 0.15) is 5.69 Å². The van der Waals surface area contributed by atoms with Gasteiger partial charge in [-0.1, -0.05) is 0 Å². The third-order valence-electron chi connectivity index (χ3n) is 3.01. The zero-order chi connectivity index (χ0) is 17.9. The molecule has 2 aromatic rings. The van der Waals surface area contributed by atoms with Gasteiger partial charge in [-0.15, -0.1) is 0 Å². The average molecular weight is 340 g/mol. The summed E-state index contributed by atoms with van der Waals surface area (Å²) in [5, 5.41) is 10.9. The summed E-state index contributed by atoms with van der Waals surface area (Å²) in [6.45, 7) is 1.73. The van der Waals surface area contributed by atoms with Crippen LogP contribution in [-0.2, 0) is 6.18 Å². The molecule has 0 unspecified atom stereocenters. The number of aryl methyl sites for hydroxylation is 1. The molecule has 0 saturated heterocycles. The molecular formula is C14H11F3N4O3. The van der Waals surface area contributed by atoms with Crippen LogP contribution in [0.1, 0.15) is 21.6 Å². The van der Waals surface area contributed by atoms with Crippen molar-refractivity contribution in [1.29, 1.82) is 0 Å². The minimum atomic E-state index is -4.71. The normalized spacial score (nSPS) is 11.0. The molecule has 0 radical (unpaired) electrons. The Hall–Kier alpha value is -3.17. The first kappa shape index (κ1) is 17.2. The molecule has 10 heteroatoms. The predicted octanol–water partition coefficient (Wildman–Crippen LogP) is 3.07. The van der Waals surface area contributed by atoms with E-state index in [1.54, 1.807) is 13.0 Å². The van der Waals surface area contributed by atoms with Crippen molar-refractivity contribution in [2.24, 2.45) is 0 Å². The number of carbonyl (C=O) groups excluding carboxylic acids is 1. The fourth-order valence-corrected chi connectivity index (χ4v) is 1.76. The van der Waals surface area contributed by atoms with Crippen LogP contribution in [0.25, 0.3) is 0 Å². The van der Waals surface area contributed by atoms with Crippen molar-refractivity contribution in [3.05, 3.63) is 63.5 Å². The van der Waals surface area contributed by atoms with E-state index in [0.29, 0.717) is 17.8 Å². The van der Waals surface area contributed by atoms with Crippen molar-refractivity contribution in [2.75, 3.05) is 5.43 Å². The molecule has 0 aliphatic carbocycles. The molecule has 0 spiro atoms. The minimum absolute atomic E-state index is 0.183. The summed E-state index contributed by atoms with van der Waals surface area (Å²) in [6, 6.07) is 5.02. The van der Waals surface area contributed by atoms with Gasteiger partial charge < -0.3 is 0 Å². The maximum Gasteiger partial charge on any atom is 0.416 e. The van der Waals surface area contributed by atoms with Crippen LogP contribution in [0.2, 0.25) is 0 Å². The lowest BCUT2D eigenvalue weighted by Crippen LogP contribution is -2.29. The van der Waals surface area contributed by atoms with E-state index < -0.39 is 28.3 Å². The lowest BCUT2D eigenvalue weighted by Gasteiger charge is -2.11. The number of alkyl halides is 3. The van der Waals surface area contributed by atoms with Crippen molar-refractivity contribution >= 4 is 17.3 Å². The summed E-state index contributed by atoms with van der Waals surface area (Å²) in [5.41, 5.74) is 3.05. The Balaban J connectivity index is 2.18. The summed E-state index contributed by atoms with van der Waals surface area (Å²) in [5.74, 6) is -0.642. The van der Waals surface area contributed by atoms with Gasteiger partial charge >= 0.3 is 6.18 Å². The average Bonchev–Trinajstić information content (AvgIpc) is 2.52. The number of aromatic nitrogens is 1. The summed E-state index contributed by atoms with van der Waals surface area (Å²) < 4.78 is 37.8. The van der Waals surface area contributed by atoms with Crippen molar-refractivity contribution in [3.63, 3.8) is 0 Å². The first-order valence-electron chi connectivity index (χ1n) is 6.53. The maximum atomic E-state index is 12.6. The molecule has 0 saturated carbocycles. The number of nitro groups is 1. The lowest BCUT2D eigenvalue weighted by molar-refractivity contribution is -0.384. The molecule has 0 fully saturated rings. The standard InChI is InChI=1S/C14H11F3N4O3/c1-8-2-3-9(7-18-8)13(22)20-19-11-5-4-10(14(15,16)17)6-12(11)21(23)24/h2-7,19H,1H3,(H,20,22). The molecule has 0 bridgehead atoms. The van der Waals surface area contributed by atoms with E-state index in [1.807, 2.05) is 0 Å². The number of nitrogens with zero attached hydrogens (tertiary/aromatic N) is 2. The fourth-order valence-electron chi connectivity index (χ4n) is 1.76. The Kier molecular flexibility index (Phi) is 4.67. The van der Waals surface area contributed by atoms with Gasteiger partial charge in [-0.05, 0) is 31.2 Å². The number of carbonyl (C=O) groups is 1. The van der Waals surface area contributed by atoms with Crippen molar-refractivity contribution in [1.82, 2.24) is 10.4 Å². The van der Waals surface area contributed by atoms with E-state index in [0.717, 1.165) is 6.07 Å². The van der Waals surface area contributed by atoms with Gasteiger partial charge in [0.15, 0.2) is 0 Å². The zero-order valence-electron chi connectivity index (χ0n) is 12.2. The number of hydrogen-bond acceptors (Lipinski definition) is 5. The molecular weight excluding hydrogens is 329 g/mol. The second-order valence-corrected chi connectivity index (χ2v) is 4.75. The van der Waals surface area contributed by atoms with E-state index in [2.05, 4.69) is 15.8 Å². The summed E-state index contributed by atoms with van der Waals surface area (Å²) in [4.78, 5) is 25.7. The smallest absolute Gasteiger partial charge is 0.292 e. The molecule has 0 aliphatic rings. The topological polar surface area (TPSA) is 97.2 Å². The van der Waals surface area contributed by atoms with Gasteiger partial charge in [-0.25, -0.2) is 0 Å². The molecule has 7 nitrogen and oxygen atoms in total. The highest BCUT2D eigenvalue weighted by Crippen LogP contribution is 2.34. The highest BCUT2D eigenvalue weighted by Gasteiger charge is 2.33. The van der Waals surface area contributed by atoms with E-state index in [-0.39, 0.29) is 11.3 Å². The zero-order valence-corrected chi connectivity index (χ0v) is 12.2. The van der Waals surface area contributed by atoms with Crippen molar-refractivity contribution in [3.8, 4) is 0 Å². The van der Waals surface area contributed by atoms with Gasteiger partial charge in [0.05, 0.1) is 16.1 Å². The van der Waals surface area contributed by atoms with Gasteiger partial charge in [-0.3, -0.25) is 30.7 Å². The summed E-state index contributed by atoms with van der Waals surface area (Å²) >= 11 is 0.